The second-order valence-corrected chi connectivity index (χ2v) is 7.56. The average molecular weight is 434 g/mol. The smallest absolute Gasteiger partial charge is 0.344 e. The normalized spacial score (nSPS) is 10.5. The Hall–Kier alpha value is -3.87. The van der Waals surface area contributed by atoms with Gasteiger partial charge in [0, 0.05) is 5.69 Å². The molecule has 0 saturated carbocycles. The third-order valence-electron chi connectivity index (χ3n) is 4.83. The number of hydrogen-bond donors (Lipinski definition) is 2. The van der Waals surface area contributed by atoms with Crippen LogP contribution in [-0.2, 0) is 19.1 Å². The molecular formula is C25H26N2O5. The van der Waals surface area contributed by atoms with Crippen molar-refractivity contribution >= 4 is 34.2 Å². The van der Waals surface area contributed by atoms with E-state index >= 15 is 0 Å². The van der Waals surface area contributed by atoms with Gasteiger partial charge < -0.3 is 20.1 Å². The topological polar surface area (TPSA) is 93.7 Å². The zero-order valence-corrected chi connectivity index (χ0v) is 18.4. The number of carbonyl (C=O) groups is 3. The molecule has 0 radical (unpaired) electrons. The van der Waals surface area contributed by atoms with Crippen LogP contribution in [0.25, 0.3) is 10.8 Å². The fourth-order valence-corrected chi connectivity index (χ4v) is 3.38. The zero-order valence-electron chi connectivity index (χ0n) is 18.4. The number of benzene rings is 3. The average Bonchev–Trinajstić information content (AvgIpc) is 2.77. The van der Waals surface area contributed by atoms with E-state index in [0.29, 0.717) is 5.75 Å². The maximum Gasteiger partial charge on any atom is 0.344 e. The molecule has 32 heavy (non-hydrogen) atoms. The van der Waals surface area contributed by atoms with Gasteiger partial charge in [-0.15, -0.1) is 0 Å². The van der Waals surface area contributed by atoms with E-state index in [4.69, 9.17) is 9.47 Å². The molecule has 3 aromatic rings. The molecule has 3 rings (SSSR count). The van der Waals surface area contributed by atoms with E-state index in [2.05, 4.69) is 10.6 Å². The highest BCUT2D eigenvalue weighted by Gasteiger charge is 2.12. The number of carbonyl (C=O) groups excluding carboxylic acids is 3. The molecule has 0 aromatic heterocycles. The number of aryl methyl sites for hydroxylation is 3. The second-order valence-electron chi connectivity index (χ2n) is 7.56. The minimum Gasteiger partial charge on any atom is -0.482 e. The minimum absolute atomic E-state index is 0.225. The first kappa shape index (κ1) is 22.8. The van der Waals surface area contributed by atoms with Gasteiger partial charge in [0.15, 0.2) is 13.2 Å². The molecule has 0 unspecified atom stereocenters. The first-order valence-corrected chi connectivity index (χ1v) is 10.2. The lowest BCUT2D eigenvalue weighted by Gasteiger charge is -2.13. The van der Waals surface area contributed by atoms with E-state index in [1.54, 1.807) is 6.07 Å². The Morgan fingerprint density at radius 3 is 2.22 bits per heavy atom. The first-order valence-electron chi connectivity index (χ1n) is 10.2. The Bertz CT molecular complexity index is 1130. The van der Waals surface area contributed by atoms with E-state index in [9.17, 15) is 14.4 Å². The maximum atomic E-state index is 12.1. The van der Waals surface area contributed by atoms with E-state index in [-0.39, 0.29) is 19.1 Å². The third-order valence-corrected chi connectivity index (χ3v) is 4.83. The van der Waals surface area contributed by atoms with Crippen molar-refractivity contribution < 1.29 is 23.9 Å². The van der Waals surface area contributed by atoms with E-state index in [1.165, 1.54) is 0 Å². The number of rotatable bonds is 8. The van der Waals surface area contributed by atoms with Crippen LogP contribution < -0.4 is 15.4 Å². The highest BCUT2D eigenvalue weighted by atomic mass is 16.6. The summed E-state index contributed by atoms with van der Waals surface area (Å²) in [6, 6.07) is 17.2. The van der Waals surface area contributed by atoms with Crippen molar-refractivity contribution in [1.29, 1.82) is 0 Å². The van der Waals surface area contributed by atoms with Gasteiger partial charge in [-0.25, -0.2) is 4.79 Å². The van der Waals surface area contributed by atoms with Gasteiger partial charge in [-0.3, -0.25) is 9.59 Å². The van der Waals surface area contributed by atoms with Crippen LogP contribution >= 0.6 is 0 Å². The summed E-state index contributed by atoms with van der Waals surface area (Å²) in [5, 5.41) is 7.29. The van der Waals surface area contributed by atoms with Gasteiger partial charge in [0.05, 0.1) is 6.54 Å². The predicted molar refractivity (Wildman–Crippen MR) is 123 cm³/mol. The summed E-state index contributed by atoms with van der Waals surface area (Å²) in [4.78, 5) is 35.9. The van der Waals surface area contributed by atoms with Crippen LogP contribution in [0.2, 0.25) is 0 Å². The van der Waals surface area contributed by atoms with Crippen molar-refractivity contribution in [3.05, 3.63) is 71.3 Å². The summed E-state index contributed by atoms with van der Waals surface area (Å²) in [5.41, 5.74) is 3.73. The summed E-state index contributed by atoms with van der Waals surface area (Å²) in [6.07, 6.45) is 0. The van der Waals surface area contributed by atoms with Crippen LogP contribution in [0.1, 0.15) is 16.7 Å². The molecule has 0 atom stereocenters. The molecule has 2 N–H and O–H groups in total. The molecule has 0 bridgehead atoms. The lowest BCUT2D eigenvalue weighted by Crippen LogP contribution is -2.36. The summed E-state index contributed by atoms with van der Waals surface area (Å²) >= 11 is 0. The first-order chi connectivity index (χ1) is 15.3. The summed E-state index contributed by atoms with van der Waals surface area (Å²) in [6.45, 7) is 4.77. The summed E-state index contributed by atoms with van der Waals surface area (Å²) in [5.74, 6) is -1.08. The van der Waals surface area contributed by atoms with Gasteiger partial charge in [0.1, 0.15) is 5.75 Å². The highest BCUT2D eigenvalue weighted by Crippen LogP contribution is 2.22. The van der Waals surface area contributed by atoms with Crippen LogP contribution in [0.5, 0.6) is 5.75 Å². The van der Waals surface area contributed by atoms with Gasteiger partial charge in [-0.1, -0.05) is 48.0 Å². The number of amides is 2. The Balaban J connectivity index is 1.38. The molecule has 3 aromatic carbocycles. The summed E-state index contributed by atoms with van der Waals surface area (Å²) in [7, 11) is 0. The van der Waals surface area contributed by atoms with Crippen LogP contribution in [-0.4, -0.2) is 37.5 Å². The minimum atomic E-state index is -0.677. The van der Waals surface area contributed by atoms with Crippen LogP contribution in [0, 0.1) is 20.8 Å². The molecule has 2 amide bonds. The van der Waals surface area contributed by atoms with Crippen LogP contribution in [0.4, 0.5) is 5.69 Å². The Labute approximate surface area is 186 Å². The predicted octanol–water partition coefficient (Wildman–Crippen LogP) is 3.44. The highest BCUT2D eigenvalue weighted by molar-refractivity contribution is 5.96. The number of fused-ring (bicyclic) bond motifs is 1. The second kappa shape index (κ2) is 10.4. The molecule has 0 heterocycles. The van der Waals surface area contributed by atoms with Crippen LogP contribution in [0.3, 0.4) is 0 Å². The molecule has 0 aliphatic heterocycles. The van der Waals surface area contributed by atoms with Crippen molar-refractivity contribution in [1.82, 2.24) is 5.32 Å². The quantitative estimate of drug-likeness (QED) is 0.530. The third kappa shape index (κ3) is 6.31. The molecule has 7 heteroatoms. The van der Waals surface area contributed by atoms with Crippen molar-refractivity contribution in [2.75, 3.05) is 25.1 Å². The summed E-state index contributed by atoms with van der Waals surface area (Å²) < 4.78 is 10.3. The van der Waals surface area contributed by atoms with E-state index in [1.807, 2.05) is 69.3 Å². The van der Waals surface area contributed by atoms with Gasteiger partial charge in [0.2, 0.25) is 5.91 Å². The zero-order chi connectivity index (χ0) is 23.1. The molecule has 0 aliphatic rings. The Morgan fingerprint density at radius 2 is 1.50 bits per heavy atom. The van der Waals surface area contributed by atoms with Gasteiger partial charge in [-0.2, -0.15) is 0 Å². The van der Waals surface area contributed by atoms with Gasteiger partial charge in [0.25, 0.3) is 5.91 Å². The van der Waals surface area contributed by atoms with Crippen molar-refractivity contribution in [3.8, 4) is 5.75 Å². The fraction of sp³-hybridized carbons (Fsp3) is 0.240. The number of nitrogens with one attached hydrogen (secondary N) is 2. The van der Waals surface area contributed by atoms with E-state index in [0.717, 1.165) is 33.2 Å². The number of ether oxygens (including phenoxy) is 2. The number of anilines is 1. The van der Waals surface area contributed by atoms with Gasteiger partial charge in [-0.05, 0) is 54.8 Å². The molecule has 0 aliphatic carbocycles. The molecule has 0 saturated heterocycles. The molecule has 7 nitrogen and oxygen atoms in total. The lowest BCUT2D eigenvalue weighted by molar-refractivity contribution is -0.150. The van der Waals surface area contributed by atoms with Crippen LogP contribution in [0.15, 0.2) is 54.6 Å². The number of esters is 1. The Morgan fingerprint density at radius 1 is 0.812 bits per heavy atom. The molecular weight excluding hydrogens is 408 g/mol. The van der Waals surface area contributed by atoms with Gasteiger partial charge >= 0.3 is 5.97 Å². The largest absolute Gasteiger partial charge is 0.482 e. The Kier molecular flexibility index (Phi) is 7.44. The fourth-order valence-electron chi connectivity index (χ4n) is 3.38. The van der Waals surface area contributed by atoms with Crippen molar-refractivity contribution in [2.45, 2.75) is 20.8 Å². The SMILES string of the molecule is Cc1cc(C)c(NC(=O)CNC(=O)COC(=O)COc2ccc3ccccc3c2)c(C)c1. The molecule has 0 fully saturated rings. The van der Waals surface area contributed by atoms with Crippen molar-refractivity contribution in [2.24, 2.45) is 0 Å². The molecule has 0 spiro atoms. The number of hydrogen-bond acceptors (Lipinski definition) is 5. The lowest BCUT2D eigenvalue weighted by atomic mass is 10.1. The monoisotopic (exact) mass is 434 g/mol. The molecule has 166 valence electrons. The van der Waals surface area contributed by atoms with E-state index < -0.39 is 18.5 Å². The van der Waals surface area contributed by atoms with Crippen molar-refractivity contribution in [3.63, 3.8) is 0 Å². The maximum absolute atomic E-state index is 12.1. The standard InChI is InChI=1S/C25H26N2O5/c1-16-10-17(2)25(18(3)11-16)27-22(28)13-26-23(29)14-32-24(30)15-31-21-9-8-19-6-4-5-7-20(19)12-21/h4-12H,13-15H2,1-3H3,(H,26,29)(H,27,28).